The van der Waals surface area contributed by atoms with Gasteiger partial charge in [-0.3, -0.25) is 4.79 Å². The second-order valence-electron chi connectivity index (χ2n) is 18.5. The molecule has 0 amide bonds. The van der Waals surface area contributed by atoms with Gasteiger partial charge in [0.15, 0.2) is 5.71 Å². The smallest absolute Gasteiger partial charge is 0.336 e. The minimum absolute atomic E-state index is 0.0685. The molecule has 0 spiro atoms. The van der Waals surface area contributed by atoms with Crippen molar-refractivity contribution >= 4 is 34.8 Å². The molecule has 2 aliphatic heterocycles. The SMILES string of the molecule is CCCCCCCCCCCCN1C(=CC2=C(O)C(=CC3=[N+](CCCCCCCCCCCC)c4cccc(C(=O)O)c4C3(C)C)C2=O)C(C)(C)c2cc(C(=O)O)ccc21. The highest BCUT2D eigenvalue weighted by Gasteiger charge is 2.49. The fourth-order valence-electron chi connectivity index (χ4n) is 9.70. The Kier molecular flexibility index (Phi) is 16.6. The van der Waals surface area contributed by atoms with E-state index in [1.165, 1.54) is 89.9 Å². The van der Waals surface area contributed by atoms with Crippen LogP contribution in [0.3, 0.4) is 0 Å². The normalized spacial score (nSPS) is 17.8. The number of rotatable bonds is 26. The Morgan fingerprint density at radius 2 is 1.23 bits per heavy atom. The van der Waals surface area contributed by atoms with Crippen LogP contribution >= 0.6 is 0 Å². The molecule has 2 aromatic carbocycles. The van der Waals surface area contributed by atoms with E-state index >= 15 is 0 Å². The number of aliphatic hydroxyl groups excluding tert-OH is 1. The van der Waals surface area contributed by atoms with Gasteiger partial charge in [-0.25, -0.2) is 9.59 Å². The van der Waals surface area contributed by atoms with Gasteiger partial charge >= 0.3 is 11.9 Å². The van der Waals surface area contributed by atoms with Gasteiger partial charge in [0.05, 0.1) is 33.3 Å². The Labute approximate surface area is 360 Å². The lowest BCUT2D eigenvalue weighted by molar-refractivity contribution is -0.438. The molecule has 0 fully saturated rings. The van der Waals surface area contributed by atoms with Crippen molar-refractivity contribution in [2.24, 2.45) is 0 Å². The summed E-state index contributed by atoms with van der Waals surface area (Å²) >= 11 is 0. The van der Waals surface area contributed by atoms with Crippen molar-refractivity contribution in [1.29, 1.82) is 0 Å². The highest BCUT2D eigenvalue weighted by atomic mass is 16.4. The third-order valence-corrected chi connectivity index (χ3v) is 13.3. The molecule has 3 N–H and O–H groups in total. The maximum absolute atomic E-state index is 14.2. The first-order chi connectivity index (χ1) is 28.8. The first-order valence-corrected chi connectivity index (χ1v) is 23.4. The summed E-state index contributed by atoms with van der Waals surface area (Å²) < 4.78 is 2.17. The average Bonchev–Trinajstić information content (AvgIpc) is 3.57. The Hall–Kier alpha value is -4.46. The standard InChI is InChI=1S/C52H72N2O6/c1-7-9-11-13-15-17-19-21-23-25-32-53-42-31-30-37(49(57)58)34-41(42)51(3,4)44(53)35-39-47(55)40(48(39)56)36-45-52(5,6)46-38(50(59)60)28-27-29-43(46)54(45)33-26-24-22-20-18-16-14-12-10-8-2/h27-31,34-36H,7-26,32-33H2,1-6H3,(H2-,55,56,57,58,59,60)/p+1. The highest BCUT2D eigenvalue weighted by molar-refractivity contribution is 6.24. The number of allylic oxidation sites excluding steroid dienone is 5. The van der Waals surface area contributed by atoms with Gasteiger partial charge in [-0.2, -0.15) is 4.58 Å². The number of fused-ring (bicyclic) bond motifs is 2. The molecule has 2 heterocycles. The average molecular weight is 822 g/mol. The molecule has 2 aromatic rings. The van der Waals surface area contributed by atoms with Gasteiger partial charge in [0.2, 0.25) is 11.5 Å². The van der Waals surface area contributed by atoms with Crippen molar-refractivity contribution < 1.29 is 34.3 Å². The molecule has 3 aliphatic rings. The molecule has 0 radical (unpaired) electrons. The molecule has 60 heavy (non-hydrogen) atoms. The molecule has 0 atom stereocenters. The van der Waals surface area contributed by atoms with Crippen LogP contribution in [0.25, 0.3) is 0 Å². The Balaban J connectivity index is 1.39. The van der Waals surface area contributed by atoms with Gasteiger partial charge in [0, 0.05) is 41.9 Å². The predicted octanol–water partition coefficient (Wildman–Crippen LogP) is 13.3. The van der Waals surface area contributed by atoms with Crippen molar-refractivity contribution in [1.82, 2.24) is 0 Å². The molecular weight excluding hydrogens is 749 g/mol. The second-order valence-corrected chi connectivity index (χ2v) is 18.5. The molecule has 326 valence electrons. The van der Waals surface area contributed by atoms with E-state index in [1.807, 2.05) is 32.1 Å². The number of carboxylic acid groups (broad SMARTS) is 2. The molecule has 1 aliphatic carbocycles. The van der Waals surface area contributed by atoms with Crippen LogP contribution in [0.2, 0.25) is 0 Å². The summed E-state index contributed by atoms with van der Waals surface area (Å²) in [6, 6.07) is 10.7. The fourth-order valence-corrected chi connectivity index (χ4v) is 9.70. The van der Waals surface area contributed by atoms with Gasteiger partial charge in [-0.15, -0.1) is 0 Å². The second kappa shape index (κ2) is 21.4. The number of anilines is 1. The molecule has 0 unspecified atom stereocenters. The van der Waals surface area contributed by atoms with E-state index in [1.54, 1.807) is 30.3 Å². The van der Waals surface area contributed by atoms with Gasteiger partial charge in [-0.05, 0) is 62.6 Å². The molecule has 0 saturated carbocycles. The number of unbranched alkanes of at least 4 members (excludes halogenated alkanes) is 18. The summed E-state index contributed by atoms with van der Waals surface area (Å²) in [4.78, 5) is 40.9. The van der Waals surface area contributed by atoms with E-state index in [4.69, 9.17) is 0 Å². The van der Waals surface area contributed by atoms with E-state index in [0.717, 1.165) is 79.0 Å². The summed E-state index contributed by atoms with van der Waals surface area (Å²) in [6.45, 7) is 14.0. The number of ketones is 1. The maximum Gasteiger partial charge on any atom is 0.336 e. The summed E-state index contributed by atoms with van der Waals surface area (Å²) in [5.41, 5.74) is 4.66. The Morgan fingerprint density at radius 3 is 1.77 bits per heavy atom. The van der Waals surface area contributed by atoms with Gasteiger partial charge < -0.3 is 20.2 Å². The lowest BCUT2D eigenvalue weighted by atomic mass is 9.76. The topological polar surface area (TPSA) is 118 Å². The van der Waals surface area contributed by atoms with E-state index in [2.05, 4.69) is 37.2 Å². The van der Waals surface area contributed by atoms with Crippen molar-refractivity contribution in [3.63, 3.8) is 0 Å². The van der Waals surface area contributed by atoms with Crippen LogP contribution in [0.15, 0.2) is 71.2 Å². The minimum Gasteiger partial charge on any atom is -0.506 e. The zero-order chi connectivity index (χ0) is 43.5. The molecule has 8 nitrogen and oxygen atoms in total. The number of hydrogen-bond acceptors (Lipinski definition) is 5. The lowest BCUT2D eigenvalue weighted by Crippen LogP contribution is -2.33. The number of aliphatic hydroxyl groups is 1. The van der Waals surface area contributed by atoms with Crippen LogP contribution in [-0.2, 0) is 15.6 Å². The zero-order valence-electron chi connectivity index (χ0n) is 37.6. The predicted molar refractivity (Wildman–Crippen MR) is 245 cm³/mol. The maximum atomic E-state index is 14.2. The number of hydrogen-bond donors (Lipinski definition) is 3. The monoisotopic (exact) mass is 822 g/mol. The quantitative estimate of drug-likeness (QED) is 0.0491. The largest absolute Gasteiger partial charge is 0.506 e. The first kappa shape index (κ1) is 46.6. The molecular formula is C52H73N2O6+. The number of Topliss-reactive ketones (excluding diaryl/α,β-unsaturated/α-hetero) is 1. The van der Waals surface area contributed by atoms with Crippen LogP contribution in [0.5, 0.6) is 0 Å². The van der Waals surface area contributed by atoms with E-state index < -0.39 is 22.8 Å². The van der Waals surface area contributed by atoms with Gasteiger partial charge in [0.25, 0.3) is 0 Å². The van der Waals surface area contributed by atoms with Gasteiger partial charge in [0.1, 0.15) is 12.3 Å². The van der Waals surface area contributed by atoms with Crippen molar-refractivity contribution in [3.8, 4) is 0 Å². The van der Waals surface area contributed by atoms with Crippen molar-refractivity contribution in [2.45, 2.75) is 181 Å². The molecule has 0 bridgehead atoms. The number of aromatic carboxylic acids is 2. The number of benzene rings is 2. The summed E-state index contributed by atoms with van der Waals surface area (Å²) in [5, 5.41) is 31.8. The number of carboxylic acids is 2. The first-order valence-electron chi connectivity index (χ1n) is 23.4. The van der Waals surface area contributed by atoms with Crippen LogP contribution in [0.1, 0.15) is 202 Å². The van der Waals surface area contributed by atoms with Crippen LogP contribution < -0.4 is 4.90 Å². The lowest BCUT2D eigenvalue weighted by Gasteiger charge is -2.29. The van der Waals surface area contributed by atoms with E-state index in [-0.39, 0.29) is 33.8 Å². The minimum atomic E-state index is -0.984. The highest BCUT2D eigenvalue weighted by Crippen LogP contribution is 2.50. The number of nitrogens with zero attached hydrogens (tertiary/aromatic N) is 2. The molecule has 8 heteroatoms. The van der Waals surface area contributed by atoms with Crippen LogP contribution in [0.4, 0.5) is 11.4 Å². The van der Waals surface area contributed by atoms with Crippen LogP contribution in [-0.4, -0.2) is 56.4 Å². The number of carbonyl (C=O) groups is 3. The third kappa shape index (κ3) is 10.5. The van der Waals surface area contributed by atoms with Gasteiger partial charge in [-0.1, -0.05) is 143 Å². The number of carbonyl (C=O) groups excluding carboxylic acids is 1. The fraction of sp³-hybridized carbons (Fsp3) is 0.577. The zero-order valence-corrected chi connectivity index (χ0v) is 37.6. The summed E-state index contributed by atoms with van der Waals surface area (Å²) in [7, 11) is 0. The summed E-state index contributed by atoms with van der Waals surface area (Å²) in [6.07, 6.45) is 27.9. The van der Waals surface area contributed by atoms with Crippen molar-refractivity contribution in [2.75, 3.05) is 18.0 Å². The molecule has 0 saturated heterocycles. The Morgan fingerprint density at radius 1 is 0.683 bits per heavy atom. The molecule has 5 rings (SSSR count). The van der Waals surface area contributed by atoms with Crippen LogP contribution in [0, 0.1) is 0 Å². The van der Waals surface area contributed by atoms with Crippen molar-refractivity contribution in [3.05, 3.63) is 93.4 Å². The van der Waals surface area contributed by atoms with E-state index in [9.17, 15) is 29.7 Å². The Bertz CT molecular complexity index is 2000. The van der Waals surface area contributed by atoms with E-state index in [0.29, 0.717) is 6.54 Å². The summed E-state index contributed by atoms with van der Waals surface area (Å²) in [5.74, 6) is -2.29. The third-order valence-electron chi connectivity index (χ3n) is 13.3. The molecule has 0 aromatic heterocycles.